The largest absolute Gasteiger partial charge is 0.573 e. The van der Waals surface area contributed by atoms with Gasteiger partial charge in [-0.05, 0) is 36.8 Å². The summed E-state index contributed by atoms with van der Waals surface area (Å²) >= 11 is 5.97. The third kappa shape index (κ3) is 6.66. The van der Waals surface area contributed by atoms with Crippen LogP contribution < -0.4 is 20.7 Å². The van der Waals surface area contributed by atoms with Gasteiger partial charge >= 0.3 is 6.36 Å². The first-order valence-electron chi connectivity index (χ1n) is 8.06. The van der Waals surface area contributed by atoms with Crippen molar-refractivity contribution in [3.8, 4) is 5.75 Å². The van der Waals surface area contributed by atoms with E-state index in [1.165, 1.54) is 18.2 Å². The van der Waals surface area contributed by atoms with E-state index in [1.54, 1.807) is 25.1 Å². The number of nitrogens with one attached hydrogen (secondary N) is 3. The Labute approximate surface area is 164 Å². The topological polar surface area (TPSA) is 79.5 Å². The van der Waals surface area contributed by atoms with E-state index < -0.39 is 23.9 Å². The molecule has 0 atom stereocenters. The third-order valence-corrected chi connectivity index (χ3v) is 3.95. The summed E-state index contributed by atoms with van der Waals surface area (Å²) in [7, 11) is 0. The number of rotatable bonds is 7. The number of hydrogen-bond donors (Lipinski definition) is 3. The van der Waals surface area contributed by atoms with Crippen molar-refractivity contribution in [1.82, 2.24) is 5.32 Å². The molecule has 10 heteroatoms. The predicted octanol–water partition coefficient (Wildman–Crippen LogP) is 3.71. The smallest absolute Gasteiger partial charge is 0.404 e. The van der Waals surface area contributed by atoms with Gasteiger partial charge in [0.25, 0.3) is 0 Å². The Morgan fingerprint density at radius 1 is 1.00 bits per heavy atom. The van der Waals surface area contributed by atoms with Gasteiger partial charge in [-0.3, -0.25) is 9.59 Å². The third-order valence-electron chi connectivity index (χ3n) is 3.54. The second-order valence-corrected chi connectivity index (χ2v) is 6.04. The van der Waals surface area contributed by atoms with E-state index in [-0.39, 0.29) is 18.8 Å². The summed E-state index contributed by atoms with van der Waals surface area (Å²) in [6, 6.07) is 10.3. The Morgan fingerprint density at radius 2 is 1.68 bits per heavy atom. The number of ether oxygens (including phenoxy) is 1. The van der Waals surface area contributed by atoms with Gasteiger partial charge in [0.05, 0.1) is 18.8 Å². The molecule has 0 saturated carbocycles. The zero-order chi connectivity index (χ0) is 20.7. The van der Waals surface area contributed by atoms with Crippen LogP contribution in [0.15, 0.2) is 42.5 Å². The summed E-state index contributed by atoms with van der Waals surface area (Å²) in [5, 5.41) is 8.01. The summed E-state index contributed by atoms with van der Waals surface area (Å²) in [6.45, 7) is 1.08. The van der Waals surface area contributed by atoms with Crippen molar-refractivity contribution >= 4 is 34.8 Å². The highest BCUT2D eigenvalue weighted by Crippen LogP contribution is 2.29. The van der Waals surface area contributed by atoms with Gasteiger partial charge in [-0.25, -0.2) is 0 Å². The van der Waals surface area contributed by atoms with Gasteiger partial charge in [-0.1, -0.05) is 29.8 Å². The molecule has 28 heavy (non-hydrogen) atoms. The minimum Gasteiger partial charge on any atom is -0.404 e. The SMILES string of the molecule is Cc1c(Cl)cccc1NC(=O)CNC(=O)CNc1ccccc1OC(F)(F)F. The molecule has 0 aliphatic heterocycles. The summed E-state index contributed by atoms with van der Waals surface area (Å²) in [5.74, 6) is -1.52. The molecule has 0 radical (unpaired) electrons. The van der Waals surface area contributed by atoms with Crippen molar-refractivity contribution in [3.63, 3.8) is 0 Å². The van der Waals surface area contributed by atoms with Crippen LogP contribution in [0.1, 0.15) is 5.56 Å². The molecule has 0 saturated heterocycles. The molecule has 2 amide bonds. The molecule has 0 aliphatic carbocycles. The van der Waals surface area contributed by atoms with E-state index in [1.807, 2.05) is 0 Å². The van der Waals surface area contributed by atoms with Crippen LogP contribution in [0.25, 0.3) is 0 Å². The fourth-order valence-electron chi connectivity index (χ4n) is 2.18. The molecule has 0 fully saturated rings. The number of carbonyl (C=O) groups excluding carboxylic acids is 2. The first kappa shape index (κ1) is 21.4. The van der Waals surface area contributed by atoms with Gasteiger partial charge in [0.1, 0.15) is 0 Å². The average molecular weight is 416 g/mol. The number of para-hydroxylation sites is 2. The lowest BCUT2D eigenvalue weighted by Crippen LogP contribution is -2.36. The van der Waals surface area contributed by atoms with E-state index in [9.17, 15) is 22.8 Å². The molecule has 3 N–H and O–H groups in total. The van der Waals surface area contributed by atoms with Crippen LogP contribution in [0, 0.1) is 6.92 Å². The monoisotopic (exact) mass is 415 g/mol. The summed E-state index contributed by atoms with van der Waals surface area (Å²) < 4.78 is 41.0. The molecule has 0 unspecified atom stereocenters. The number of alkyl halides is 3. The van der Waals surface area contributed by atoms with Gasteiger partial charge in [-0.15, -0.1) is 13.2 Å². The maximum atomic E-state index is 12.4. The van der Waals surface area contributed by atoms with Crippen molar-refractivity contribution < 1.29 is 27.5 Å². The van der Waals surface area contributed by atoms with Crippen LogP contribution in [0.5, 0.6) is 5.75 Å². The molecule has 6 nitrogen and oxygen atoms in total. The van der Waals surface area contributed by atoms with Crippen molar-refractivity contribution in [2.24, 2.45) is 0 Å². The van der Waals surface area contributed by atoms with Crippen LogP contribution in [0.2, 0.25) is 5.02 Å². The first-order valence-corrected chi connectivity index (χ1v) is 8.44. The van der Waals surface area contributed by atoms with Gasteiger partial charge in [0.2, 0.25) is 11.8 Å². The van der Waals surface area contributed by atoms with Crippen LogP contribution in [-0.2, 0) is 9.59 Å². The minimum absolute atomic E-state index is 0.00558. The van der Waals surface area contributed by atoms with Gasteiger partial charge in [0, 0.05) is 10.7 Å². The predicted molar refractivity (Wildman–Crippen MR) is 99.4 cm³/mol. The van der Waals surface area contributed by atoms with E-state index in [4.69, 9.17) is 11.6 Å². The maximum Gasteiger partial charge on any atom is 0.573 e. The van der Waals surface area contributed by atoms with Crippen LogP contribution in [0.3, 0.4) is 0 Å². The number of halogens is 4. The molecule has 2 rings (SSSR count). The Bertz CT molecular complexity index is 859. The molecule has 0 bridgehead atoms. The summed E-state index contributed by atoms with van der Waals surface area (Å²) in [6.07, 6.45) is -4.85. The number of amides is 2. The highest BCUT2D eigenvalue weighted by molar-refractivity contribution is 6.31. The molecule has 0 aromatic heterocycles. The van der Waals surface area contributed by atoms with Gasteiger partial charge in [-0.2, -0.15) is 0 Å². The fourth-order valence-corrected chi connectivity index (χ4v) is 2.36. The Kier molecular flexibility index (Phi) is 7.11. The molecular weight excluding hydrogens is 399 g/mol. The first-order chi connectivity index (χ1) is 13.2. The standard InChI is InChI=1S/C18H17ClF3N3O3/c1-11-12(19)5-4-7-13(11)25-17(27)10-24-16(26)9-23-14-6-2-3-8-15(14)28-18(20,21)22/h2-8,23H,9-10H2,1H3,(H,24,26)(H,25,27). The lowest BCUT2D eigenvalue weighted by Gasteiger charge is -2.14. The number of benzene rings is 2. The summed E-state index contributed by atoms with van der Waals surface area (Å²) in [4.78, 5) is 23.8. The molecule has 150 valence electrons. The van der Waals surface area contributed by atoms with E-state index >= 15 is 0 Å². The Hall–Kier alpha value is -2.94. The van der Waals surface area contributed by atoms with E-state index in [0.717, 1.165) is 6.07 Å². The van der Waals surface area contributed by atoms with Crippen LogP contribution in [-0.4, -0.2) is 31.3 Å². The molecule has 0 spiro atoms. The van der Waals surface area contributed by atoms with Gasteiger partial charge < -0.3 is 20.7 Å². The number of carbonyl (C=O) groups is 2. The number of anilines is 2. The van der Waals surface area contributed by atoms with Crippen molar-refractivity contribution in [2.75, 3.05) is 23.7 Å². The molecular formula is C18H17ClF3N3O3. The normalized spacial score (nSPS) is 10.9. The Morgan fingerprint density at radius 3 is 2.39 bits per heavy atom. The highest BCUT2D eigenvalue weighted by Gasteiger charge is 2.32. The van der Waals surface area contributed by atoms with Crippen molar-refractivity contribution in [2.45, 2.75) is 13.3 Å². The highest BCUT2D eigenvalue weighted by atomic mass is 35.5. The second-order valence-electron chi connectivity index (χ2n) is 5.63. The fraction of sp³-hybridized carbons (Fsp3) is 0.222. The zero-order valence-corrected chi connectivity index (χ0v) is 15.4. The van der Waals surface area contributed by atoms with Crippen LogP contribution >= 0.6 is 11.6 Å². The Balaban J connectivity index is 1.83. The molecule has 0 heterocycles. The minimum atomic E-state index is -4.85. The van der Waals surface area contributed by atoms with E-state index in [0.29, 0.717) is 16.3 Å². The summed E-state index contributed by atoms with van der Waals surface area (Å²) in [5.41, 5.74) is 1.20. The molecule has 2 aromatic rings. The quantitative estimate of drug-likeness (QED) is 0.644. The maximum absolute atomic E-state index is 12.4. The van der Waals surface area contributed by atoms with E-state index in [2.05, 4.69) is 20.7 Å². The second kappa shape index (κ2) is 9.32. The molecule has 0 aliphatic rings. The lowest BCUT2D eigenvalue weighted by molar-refractivity contribution is -0.274. The zero-order valence-electron chi connectivity index (χ0n) is 14.7. The van der Waals surface area contributed by atoms with Gasteiger partial charge in [0.15, 0.2) is 5.75 Å². The van der Waals surface area contributed by atoms with Crippen molar-refractivity contribution in [3.05, 3.63) is 53.1 Å². The van der Waals surface area contributed by atoms with Crippen molar-refractivity contribution in [1.29, 1.82) is 0 Å². The number of hydrogen-bond acceptors (Lipinski definition) is 4. The lowest BCUT2D eigenvalue weighted by atomic mass is 10.2. The van der Waals surface area contributed by atoms with Crippen LogP contribution in [0.4, 0.5) is 24.5 Å². The molecule has 2 aromatic carbocycles. The average Bonchev–Trinajstić information content (AvgIpc) is 2.62.